The van der Waals surface area contributed by atoms with Gasteiger partial charge < -0.3 is 5.32 Å². The average molecular weight is 302 g/mol. The number of rotatable bonds is 6. The fraction of sp³-hybridized carbons (Fsp3) is 0.538. The minimum atomic E-state index is -3.91. The van der Waals surface area contributed by atoms with Crippen LogP contribution in [0.4, 0.5) is 8.78 Å². The van der Waals surface area contributed by atoms with E-state index in [1.165, 1.54) is 0 Å². The molecule has 3 rings (SSSR count). The highest BCUT2D eigenvalue weighted by atomic mass is 32.2. The van der Waals surface area contributed by atoms with Gasteiger partial charge in [-0.1, -0.05) is 0 Å². The van der Waals surface area contributed by atoms with Crippen LogP contribution in [0.3, 0.4) is 0 Å². The Bertz CT molecular complexity index is 626. The lowest BCUT2D eigenvalue weighted by molar-refractivity contribution is 0.510. The number of sulfonamides is 1. The van der Waals surface area contributed by atoms with Gasteiger partial charge in [0, 0.05) is 24.2 Å². The van der Waals surface area contributed by atoms with Gasteiger partial charge in [-0.3, -0.25) is 0 Å². The van der Waals surface area contributed by atoms with E-state index in [1.807, 2.05) is 0 Å². The second-order valence-electron chi connectivity index (χ2n) is 5.39. The van der Waals surface area contributed by atoms with E-state index in [-0.39, 0.29) is 18.2 Å². The van der Waals surface area contributed by atoms with Gasteiger partial charge in [-0.05, 0) is 37.8 Å². The smallest absolute Gasteiger partial charge is 0.243 e. The molecule has 110 valence electrons. The summed E-state index contributed by atoms with van der Waals surface area (Å²) < 4.78 is 54.4. The number of hydrogen-bond donors (Lipinski definition) is 2. The van der Waals surface area contributed by atoms with Crippen LogP contribution in [0.25, 0.3) is 0 Å². The maximum Gasteiger partial charge on any atom is 0.243 e. The number of nitrogens with one attached hydrogen (secondary N) is 2. The van der Waals surface area contributed by atoms with E-state index in [4.69, 9.17) is 0 Å². The lowest BCUT2D eigenvalue weighted by atomic mass is 10.2. The van der Waals surface area contributed by atoms with E-state index in [1.54, 1.807) is 0 Å². The molecule has 0 aliphatic heterocycles. The summed E-state index contributed by atoms with van der Waals surface area (Å²) in [5, 5.41) is 2.99. The molecule has 2 N–H and O–H groups in total. The molecule has 7 heteroatoms. The Labute approximate surface area is 116 Å². The minimum Gasteiger partial charge on any atom is -0.310 e. The fourth-order valence-electron chi connectivity index (χ4n) is 1.96. The third-order valence-electron chi connectivity index (χ3n) is 3.48. The average Bonchev–Trinajstić information content (AvgIpc) is 3.22. The molecule has 2 aliphatic carbocycles. The van der Waals surface area contributed by atoms with Gasteiger partial charge in [0.05, 0.1) is 0 Å². The van der Waals surface area contributed by atoms with Crippen LogP contribution in [0.2, 0.25) is 0 Å². The normalized spacial score (nSPS) is 19.3. The highest BCUT2D eigenvalue weighted by Gasteiger charge is 2.31. The van der Waals surface area contributed by atoms with E-state index < -0.39 is 26.6 Å². The van der Waals surface area contributed by atoms with Crippen molar-refractivity contribution in [2.75, 3.05) is 0 Å². The SMILES string of the molecule is O=S(=O)(NC1CC1)c1ccc(F)c(CNC2CC2)c1F. The van der Waals surface area contributed by atoms with Crippen LogP contribution in [-0.2, 0) is 16.6 Å². The lowest BCUT2D eigenvalue weighted by Crippen LogP contribution is -2.27. The topological polar surface area (TPSA) is 58.2 Å². The van der Waals surface area contributed by atoms with Gasteiger partial charge >= 0.3 is 0 Å². The molecule has 0 radical (unpaired) electrons. The van der Waals surface area contributed by atoms with Gasteiger partial charge in [-0.25, -0.2) is 21.9 Å². The third kappa shape index (κ3) is 2.99. The summed E-state index contributed by atoms with van der Waals surface area (Å²) in [5.41, 5.74) is -0.212. The molecule has 0 aromatic heterocycles. The van der Waals surface area contributed by atoms with Crippen LogP contribution < -0.4 is 10.0 Å². The number of benzene rings is 1. The zero-order valence-corrected chi connectivity index (χ0v) is 11.6. The molecule has 4 nitrogen and oxygen atoms in total. The Morgan fingerprint density at radius 1 is 1.10 bits per heavy atom. The predicted octanol–water partition coefficient (Wildman–Crippen LogP) is 1.66. The van der Waals surface area contributed by atoms with Crippen molar-refractivity contribution < 1.29 is 17.2 Å². The Kier molecular flexibility index (Phi) is 3.51. The molecular formula is C13H16F2N2O2S. The van der Waals surface area contributed by atoms with Crippen LogP contribution in [0.1, 0.15) is 31.2 Å². The molecule has 0 bridgehead atoms. The maximum atomic E-state index is 14.3. The summed E-state index contributed by atoms with van der Waals surface area (Å²) in [6.45, 7) is 0.00905. The quantitative estimate of drug-likeness (QED) is 0.840. The van der Waals surface area contributed by atoms with Crippen molar-refractivity contribution in [3.8, 4) is 0 Å². The highest BCUT2D eigenvalue weighted by molar-refractivity contribution is 7.89. The first-order valence-corrected chi connectivity index (χ1v) is 8.18. The van der Waals surface area contributed by atoms with E-state index in [0.717, 1.165) is 37.8 Å². The van der Waals surface area contributed by atoms with Crippen molar-refractivity contribution in [1.29, 1.82) is 0 Å². The molecule has 2 aliphatic rings. The minimum absolute atomic E-state index is 0.00905. The Hall–Kier alpha value is -1.05. The van der Waals surface area contributed by atoms with E-state index in [0.29, 0.717) is 6.04 Å². The van der Waals surface area contributed by atoms with Crippen LogP contribution in [-0.4, -0.2) is 20.5 Å². The number of hydrogen-bond acceptors (Lipinski definition) is 3. The Morgan fingerprint density at radius 2 is 1.75 bits per heavy atom. The molecule has 0 atom stereocenters. The van der Waals surface area contributed by atoms with Crippen molar-refractivity contribution in [3.63, 3.8) is 0 Å². The molecular weight excluding hydrogens is 286 g/mol. The zero-order chi connectivity index (χ0) is 14.3. The molecule has 0 spiro atoms. The molecule has 2 fully saturated rings. The Morgan fingerprint density at radius 3 is 2.35 bits per heavy atom. The van der Waals surface area contributed by atoms with Crippen LogP contribution in [0, 0.1) is 11.6 Å². The second-order valence-corrected chi connectivity index (χ2v) is 7.07. The van der Waals surface area contributed by atoms with Gasteiger partial charge in [0.25, 0.3) is 0 Å². The van der Waals surface area contributed by atoms with Crippen molar-refractivity contribution >= 4 is 10.0 Å². The maximum absolute atomic E-state index is 14.3. The summed E-state index contributed by atoms with van der Waals surface area (Å²) >= 11 is 0. The molecule has 1 aromatic carbocycles. The fourth-order valence-corrected chi connectivity index (χ4v) is 3.37. The lowest BCUT2D eigenvalue weighted by Gasteiger charge is -2.11. The van der Waals surface area contributed by atoms with Crippen LogP contribution in [0.5, 0.6) is 0 Å². The monoisotopic (exact) mass is 302 g/mol. The first-order valence-electron chi connectivity index (χ1n) is 6.70. The van der Waals surface area contributed by atoms with Crippen molar-refractivity contribution in [1.82, 2.24) is 10.0 Å². The second kappa shape index (κ2) is 5.05. The van der Waals surface area contributed by atoms with Crippen molar-refractivity contribution in [3.05, 3.63) is 29.3 Å². The summed E-state index contributed by atoms with van der Waals surface area (Å²) in [6, 6.07) is 2.17. The molecule has 0 heterocycles. The standard InChI is InChI=1S/C13H16F2N2O2S/c14-11-5-6-12(20(18,19)17-9-3-4-9)13(15)10(11)7-16-8-1-2-8/h5-6,8-9,16-17H,1-4,7H2. The third-order valence-corrected chi connectivity index (χ3v) is 5.02. The van der Waals surface area contributed by atoms with Gasteiger partial charge in [-0.2, -0.15) is 0 Å². The summed E-state index contributed by atoms with van der Waals surface area (Å²) in [6.07, 6.45) is 3.51. The van der Waals surface area contributed by atoms with Crippen molar-refractivity contribution in [2.45, 2.75) is 49.2 Å². The van der Waals surface area contributed by atoms with E-state index in [9.17, 15) is 17.2 Å². The first kappa shape index (κ1) is 13.9. The van der Waals surface area contributed by atoms with Crippen molar-refractivity contribution in [2.24, 2.45) is 0 Å². The van der Waals surface area contributed by atoms with Gasteiger partial charge in [0.1, 0.15) is 10.7 Å². The summed E-state index contributed by atoms with van der Waals surface area (Å²) in [5.74, 6) is -1.72. The molecule has 2 saturated carbocycles. The highest BCUT2D eigenvalue weighted by Crippen LogP contribution is 2.26. The molecule has 20 heavy (non-hydrogen) atoms. The summed E-state index contributed by atoms with van der Waals surface area (Å²) in [4.78, 5) is -0.474. The van der Waals surface area contributed by atoms with E-state index in [2.05, 4.69) is 10.0 Å². The van der Waals surface area contributed by atoms with Gasteiger partial charge in [0.2, 0.25) is 10.0 Å². The predicted molar refractivity (Wildman–Crippen MR) is 69.6 cm³/mol. The van der Waals surface area contributed by atoms with Crippen LogP contribution >= 0.6 is 0 Å². The molecule has 0 unspecified atom stereocenters. The Balaban J connectivity index is 1.88. The van der Waals surface area contributed by atoms with Gasteiger partial charge in [0.15, 0.2) is 5.82 Å². The largest absolute Gasteiger partial charge is 0.310 e. The van der Waals surface area contributed by atoms with Gasteiger partial charge in [-0.15, -0.1) is 0 Å². The van der Waals surface area contributed by atoms with Crippen LogP contribution in [0.15, 0.2) is 17.0 Å². The summed E-state index contributed by atoms with van der Waals surface area (Å²) in [7, 11) is -3.91. The zero-order valence-electron chi connectivity index (χ0n) is 10.8. The molecule has 0 amide bonds. The molecule has 1 aromatic rings. The molecule has 0 saturated heterocycles. The first-order chi connectivity index (χ1) is 9.47. The van der Waals surface area contributed by atoms with E-state index >= 15 is 0 Å². The number of halogens is 2.